The van der Waals surface area contributed by atoms with Crippen LogP contribution in [0.25, 0.3) is 0 Å². The van der Waals surface area contributed by atoms with Crippen LogP contribution in [0.15, 0.2) is 12.2 Å². The van der Waals surface area contributed by atoms with Crippen LogP contribution < -0.4 is 5.32 Å². The molecule has 126 valence electrons. The van der Waals surface area contributed by atoms with Gasteiger partial charge >= 0.3 is 0 Å². The minimum Gasteiger partial charge on any atom is -0.358 e. The highest BCUT2D eigenvalue weighted by molar-refractivity contribution is 5.87. The van der Waals surface area contributed by atoms with Crippen molar-refractivity contribution >= 4 is 11.8 Å². The maximum atomic E-state index is 12.0. The summed E-state index contributed by atoms with van der Waals surface area (Å²) in [5, 5.41) is 2.65. The molecule has 1 heterocycles. The van der Waals surface area contributed by atoms with E-state index in [1.165, 1.54) is 0 Å². The third kappa shape index (κ3) is 7.04. The lowest BCUT2D eigenvalue weighted by Crippen LogP contribution is -2.43. The number of rotatable bonds is 7. The van der Waals surface area contributed by atoms with Gasteiger partial charge in [-0.1, -0.05) is 6.08 Å². The number of hydrogen-bond acceptors (Lipinski definition) is 4. The number of amides is 2. The second-order valence-corrected chi connectivity index (χ2v) is 6.28. The lowest BCUT2D eigenvalue weighted by molar-refractivity contribution is -0.125. The van der Waals surface area contributed by atoms with Gasteiger partial charge < -0.3 is 15.1 Å². The molecule has 2 amide bonds. The molecule has 0 saturated carbocycles. The minimum absolute atomic E-state index is 0.0645. The Morgan fingerprint density at radius 1 is 1.23 bits per heavy atom. The molecule has 0 atom stereocenters. The van der Waals surface area contributed by atoms with Gasteiger partial charge in [-0.3, -0.25) is 14.5 Å². The van der Waals surface area contributed by atoms with Crippen LogP contribution in [0.3, 0.4) is 0 Å². The van der Waals surface area contributed by atoms with E-state index < -0.39 is 0 Å². The second kappa shape index (κ2) is 9.58. The van der Waals surface area contributed by atoms with Crippen molar-refractivity contribution in [2.75, 3.05) is 60.9 Å². The summed E-state index contributed by atoms with van der Waals surface area (Å²) in [5.74, 6) is 0.656. The zero-order chi connectivity index (χ0) is 16.5. The van der Waals surface area contributed by atoms with Crippen LogP contribution in [-0.4, -0.2) is 87.4 Å². The molecule has 1 rings (SSSR count). The van der Waals surface area contributed by atoms with Crippen molar-refractivity contribution in [3.05, 3.63) is 12.2 Å². The zero-order valence-corrected chi connectivity index (χ0v) is 14.3. The molecule has 6 nitrogen and oxygen atoms in total. The lowest BCUT2D eigenvalue weighted by atomic mass is 9.96. The molecular formula is C16H30N4O2. The molecule has 22 heavy (non-hydrogen) atoms. The summed E-state index contributed by atoms with van der Waals surface area (Å²) in [7, 11) is 7.48. The molecule has 6 heteroatoms. The first-order valence-electron chi connectivity index (χ1n) is 7.91. The number of carbonyl (C=O) groups excluding carboxylic acids is 2. The van der Waals surface area contributed by atoms with Gasteiger partial charge in [-0.05, 0) is 45.9 Å². The summed E-state index contributed by atoms with van der Waals surface area (Å²) in [5.41, 5.74) is 0. The highest BCUT2D eigenvalue weighted by Crippen LogP contribution is 2.17. The monoisotopic (exact) mass is 310 g/mol. The van der Waals surface area contributed by atoms with Crippen LogP contribution in [0.5, 0.6) is 0 Å². The molecule has 1 aliphatic heterocycles. The third-order valence-electron chi connectivity index (χ3n) is 3.99. The summed E-state index contributed by atoms with van der Waals surface area (Å²) in [6.45, 7) is 3.90. The second-order valence-electron chi connectivity index (χ2n) is 6.28. The number of carbonyl (C=O) groups is 2. The van der Waals surface area contributed by atoms with Crippen molar-refractivity contribution in [2.45, 2.75) is 12.8 Å². The predicted octanol–water partition coefficient (Wildman–Crippen LogP) is 0.0206. The number of nitrogens with one attached hydrogen (secondary N) is 1. The Hall–Kier alpha value is -1.40. The van der Waals surface area contributed by atoms with E-state index in [9.17, 15) is 9.59 Å². The summed E-state index contributed by atoms with van der Waals surface area (Å²) >= 11 is 0. The summed E-state index contributed by atoms with van der Waals surface area (Å²) in [6.07, 6.45) is 5.62. The van der Waals surface area contributed by atoms with Crippen molar-refractivity contribution in [1.82, 2.24) is 20.0 Å². The van der Waals surface area contributed by atoms with E-state index in [1.807, 2.05) is 32.1 Å². The molecule has 0 aromatic carbocycles. The molecule has 1 aliphatic rings. The van der Waals surface area contributed by atoms with E-state index in [1.54, 1.807) is 18.0 Å². The maximum Gasteiger partial charge on any atom is 0.246 e. The van der Waals surface area contributed by atoms with Crippen LogP contribution in [0.4, 0.5) is 0 Å². The first-order chi connectivity index (χ1) is 10.4. The lowest BCUT2D eigenvalue weighted by Gasteiger charge is -2.33. The van der Waals surface area contributed by atoms with Crippen LogP contribution >= 0.6 is 0 Å². The van der Waals surface area contributed by atoms with Gasteiger partial charge in [-0.25, -0.2) is 0 Å². The maximum absolute atomic E-state index is 12.0. The van der Waals surface area contributed by atoms with E-state index >= 15 is 0 Å². The van der Waals surface area contributed by atoms with Gasteiger partial charge in [-0.15, -0.1) is 0 Å². The highest BCUT2D eigenvalue weighted by Gasteiger charge is 2.22. The molecule has 0 aromatic heterocycles. The van der Waals surface area contributed by atoms with Gasteiger partial charge in [-0.2, -0.15) is 0 Å². The quantitative estimate of drug-likeness (QED) is 0.674. The number of likely N-dealkylation sites (N-methyl/N-ethyl adjacent to an activating group) is 3. The standard InChI is InChI=1S/C16H30N4O2/c1-17-15(21)13-20-10-7-14(8-11-20)12-19(4)16(22)6-5-9-18(2)3/h5-6,14H,7-13H2,1-4H3,(H,17,21)/b6-5+. The number of nitrogens with zero attached hydrogens (tertiary/aromatic N) is 3. The molecule has 0 spiro atoms. The number of likely N-dealkylation sites (tertiary alicyclic amines) is 1. The van der Waals surface area contributed by atoms with Crippen LogP contribution in [0, 0.1) is 5.92 Å². The molecule has 1 saturated heterocycles. The Bertz CT molecular complexity index is 388. The first-order valence-corrected chi connectivity index (χ1v) is 7.91. The van der Waals surface area contributed by atoms with E-state index in [0.29, 0.717) is 12.5 Å². The topological polar surface area (TPSA) is 55.9 Å². The molecule has 0 aliphatic carbocycles. The first kappa shape index (κ1) is 18.6. The van der Waals surface area contributed by atoms with Crippen LogP contribution in [0.2, 0.25) is 0 Å². The molecule has 0 bridgehead atoms. The minimum atomic E-state index is 0.0645. The Balaban J connectivity index is 2.29. The van der Waals surface area contributed by atoms with E-state index in [4.69, 9.17) is 0 Å². The molecule has 1 N–H and O–H groups in total. The highest BCUT2D eigenvalue weighted by atomic mass is 16.2. The predicted molar refractivity (Wildman–Crippen MR) is 88.6 cm³/mol. The van der Waals surface area contributed by atoms with Gasteiger partial charge in [0.25, 0.3) is 0 Å². The fraction of sp³-hybridized carbons (Fsp3) is 0.750. The van der Waals surface area contributed by atoms with Crippen molar-refractivity contribution < 1.29 is 9.59 Å². The van der Waals surface area contributed by atoms with Crippen molar-refractivity contribution in [3.63, 3.8) is 0 Å². The summed E-state index contributed by atoms with van der Waals surface area (Å²) < 4.78 is 0. The Labute approximate surface area is 134 Å². The van der Waals surface area contributed by atoms with Gasteiger partial charge in [0.1, 0.15) is 0 Å². The average Bonchev–Trinajstić information content (AvgIpc) is 2.48. The van der Waals surface area contributed by atoms with Crippen molar-refractivity contribution in [2.24, 2.45) is 5.92 Å². The third-order valence-corrected chi connectivity index (χ3v) is 3.99. The summed E-state index contributed by atoms with van der Waals surface area (Å²) in [4.78, 5) is 29.4. The Morgan fingerprint density at radius 3 is 2.41 bits per heavy atom. The fourth-order valence-corrected chi connectivity index (χ4v) is 2.58. The zero-order valence-electron chi connectivity index (χ0n) is 14.3. The smallest absolute Gasteiger partial charge is 0.246 e. The van der Waals surface area contributed by atoms with Crippen LogP contribution in [0.1, 0.15) is 12.8 Å². The SMILES string of the molecule is CNC(=O)CN1CCC(CN(C)C(=O)/C=C/CN(C)C)CC1. The Kier molecular flexibility index (Phi) is 8.12. The number of piperidine rings is 1. The molecule has 0 radical (unpaired) electrons. The van der Waals surface area contributed by atoms with E-state index in [0.717, 1.165) is 39.0 Å². The van der Waals surface area contributed by atoms with E-state index in [-0.39, 0.29) is 11.8 Å². The van der Waals surface area contributed by atoms with E-state index in [2.05, 4.69) is 10.2 Å². The van der Waals surface area contributed by atoms with Gasteiger partial charge in [0, 0.05) is 33.3 Å². The molecular weight excluding hydrogens is 280 g/mol. The fourth-order valence-electron chi connectivity index (χ4n) is 2.58. The van der Waals surface area contributed by atoms with Crippen LogP contribution in [-0.2, 0) is 9.59 Å². The van der Waals surface area contributed by atoms with Gasteiger partial charge in [0.2, 0.25) is 11.8 Å². The molecule has 1 fully saturated rings. The summed E-state index contributed by atoms with van der Waals surface area (Å²) in [6, 6.07) is 0. The van der Waals surface area contributed by atoms with Gasteiger partial charge in [0.15, 0.2) is 0 Å². The number of hydrogen-bond donors (Lipinski definition) is 1. The molecule has 0 aromatic rings. The van der Waals surface area contributed by atoms with Crippen molar-refractivity contribution in [1.29, 1.82) is 0 Å². The Morgan fingerprint density at radius 2 is 1.86 bits per heavy atom. The van der Waals surface area contributed by atoms with Gasteiger partial charge in [0.05, 0.1) is 6.54 Å². The van der Waals surface area contributed by atoms with Crippen molar-refractivity contribution in [3.8, 4) is 0 Å². The average molecular weight is 310 g/mol. The largest absolute Gasteiger partial charge is 0.358 e. The molecule has 0 unspecified atom stereocenters. The normalized spacial score (nSPS) is 17.1.